The number of fused-ring (bicyclic) bond motifs is 2. The van der Waals surface area contributed by atoms with E-state index in [1.807, 2.05) is 0 Å². The second kappa shape index (κ2) is 4.65. The van der Waals surface area contributed by atoms with Crippen molar-refractivity contribution in [3.63, 3.8) is 0 Å². The van der Waals surface area contributed by atoms with Crippen LogP contribution in [0.4, 0.5) is 0 Å². The number of carbonyl (C=O) groups excluding carboxylic acids is 1. The van der Waals surface area contributed by atoms with Crippen LogP contribution in [0.25, 0.3) is 0 Å². The monoisotopic (exact) mass is 209 g/mol. The first-order valence-corrected chi connectivity index (χ1v) is 6.38. The first kappa shape index (κ1) is 11.1. The van der Waals surface area contributed by atoms with Crippen molar-refractivity contribution in [3.8, 4) is 0 Å². The van der Waals surface area contributed by atoms with Crippen LogP contribution in [-0.4, -0.2) is 18.9 Å². The van der Waals surface area contributed by atoms with Gasteiger partial charge in [-0.25, -0.2) is 0 Å². The van der Waals surface area contributed by atoms with E-state index in [0.717, 1.165) is 44.2 Å². The number of Topliss-reactive ketones (excluding diaryl/α,β-unsaturated/α-hetero) is 1. The molecule has 0 aromatic carbocycles. The Morgan fingerprint density at radius 2 is 1.80 bits per heavy atom. The molecule has 2 rings (SSSR count). The molecule has 2 nitrogen and oxygen atoms in total. The van der Waals surface area contributed by atoms with E-state index in [4.69, 9.17) is 0 Å². The summed E-state index contributed by atoms with van der Waals surface area (Å²) in [5.74, 6) is 2.99. The summed E-state index contributed by atoms with van der Waals surface area (Å²) in [6.07, 6.45) is 4.44. The molecule has 2 aliphatic rings. The van der Waals surface area contributed by atoms with Crippen LogP contribution in [0.15, 0.2) is 0 Å². The molecule has 1 N–H and O–H groups in total. The molecule has 2 bridgehead atoms. The van der Waals surface area contributed by atoms with Crippen LogP contribution in [0.3, 0.4) is 0 Å². The zero-order chi connectivity index (χ0) is 10.8. The number of carbonyl (C=O) groups is 1. The standard InChI is InChI=1S/C13H23NO/c1-9(2)3-13(15)12-5-10-4-11(6-12)8-14-7-10/h9-12,14H,3-8H2,1-2H3. The van der Waals surface area contributed by atoms with Gasteiger partial charge in [0.1, 0.15) is 5.78 Å². The molecule has 86 valence electrons. The summed E-state index contributed by atoms with van der Waals surface area (Å²) in [6.45, 7) is 6.57. The minimum atomic E-state index is 0.387. The predicted octanol–water partition coefficient (Wildman–Crippen LogP) is 2.24. The summed E-state index contributed by atoms with van der Waals surface area (Å²) in [5, 5.41) is 3.48. The van der Waals surface area contributed by atoms with Gasteiger partial charge in [-0.3, -0.25) is 4.79 Å². The topological polar surface area (TPSA) is 29.1 Å². The Balaban J connectivity index is 1.90. The van der Waals surface area contributed by atoms with Gasteiger partial charge in [-0.15, -0.1) is 0 Å². The lowest BCUT2D eigenvalue weighted by atomic mass is 9.71. The quantitative estimate of drug-likeness (QED) is 0.772. The Hall–Kier alpha value is -0.370. The van der Waals surface area contributed by atoms with Gasteiger partial charge < -0.3 is 5.32 Å². The fraction of sp³-hybridized carbons (Fsp3) is 0.923. The largest absolute Gasteiger partial charge is 0.316 e. The van der Waals surface area contributed by atoms with Crippen molar-refractivity contribution in [3.05, 3.63) is 0 Å². The molecule has 1 saturated heterocycles. The summed E-state index contributed by atoms with van der Waals surface area (Å²) < 4.78 is 0. The lowest BCUT2D eigenvalue weighted by Crippen LogP contribution is -2.43. The lowest BCUT2D eigenvalue weighted by Gasteiger charge is -2.39. The second-order valence-electron chi connectivity index (χ2n) is 5.86. The van der Waals surface area contributed by atoms with E-state index in [0.29, 0.717) is 17.6 Å². The molecule has 2 unspecified atom stereocenters. The molecule has 0 amide bonds. The average molecular weight is 209 g/mol. The van der Waals surface area contributed by atoms with Gasteiger partial charge in [0, 0.05) is 12.3 Å². The molecule has 1 heterocycles. The predicted molar refractivity (Wildman–Crippen MR) is 61.7 cm³/mol. The molecule has 15 heavy (non-hydrogen) atoms. The van der Waals surface area contributed by atoms with Gasteiger partial charge in [0.25, 0.3) is 0 Å². The highest BCUT2D eigenvalue weighted by Gasteiger charge is 2.34. The zero-order valence-electron chi connectivity index (χ0n) is 9.96. The first-order chi connectivity index (χ1) is 7.15. The molecular formula is C13H23NO. The van der Waals surface area contributed by atoms with Crippen LogP contribution in [0.1, 0.15) is 39.5 Å². The summed E-state index contributed by atoms with van der Waals surface area (Å²) >= 11 is 0. The Morgan fingerprint density at radius 1 is 1.20 bits per heavy atom. The highest BCUT2D eigenvalue weighted by atomic mass is 16.1. The van der Waals surface area contributed by atoms with Crippen LogP contribution >= 0.6 is 0 Å². The van der Waals surface area contributed by atoms with Gasteiger partial charge in [0.2, 0.25) is 0 Å². The third kappa shape index (κ3) is 2.81. The van der Waals surface area contributed by atoms with Crippen LogP contribution in [0.5, 0.6) is 0 Å². The molecule has 0 spiro atoms. The fourth-order valence-corrected chi connectivity index (χ4v) is 3.22. The van der Waals surface area contributed by atoms with Crippen LogP contribution in [-0.2, 0) is 4.79 Å². The minimum absolute atomic E-state index is 0.387. The third-order valence-electron chi connectivity index (χ3n) is 3.83. The van der Waals surface area contributed by atoms with Crippen molar-refractivity contribution in [2.24, 2.45) is 23.7 Å². The lowest BCUT2D eigenvalue weighted by molar-refractivity contribution is -0.125. The van der Waals surface area contributed by atoms with Crippen LogP contribution < -0.4 is 5.32 Å². The Labute approximate surface area is 92.8 Å². The van der Waals surface area contributed by atoms with Gasteiger partial charge in [-0.05, 0) is 50.1 Å². The minimum Gasteiger partial charge on any atom is -0.316 e. The molecule has 1 aliphatic heterocycles. The highest BCUT2D eigenvalue weighted by Crippen LogP contribution is 2.36. The average Bonchev–Trinajstić information content (AvgIpc) is 2.16. The Kier molecular flexibility index (Phi) is 3.45. The van der Waals surface area contributed by atoms with Crippen molar-refractivity contribution >= 4 is 5.78 Å². The van der Waals surface area contributed by atoms with E-state index >= 15 is 0 Å². The molecule has 0 aromatic rings. The van der Waals surface area contributed by atoms with E-state index in [9.17, 15) is 4.79 Å². The Bertz CT molecular complexity index is 225. The summed E-state index contributed by atoms with van der Waals surface area (Å²) in [4.78, 5) is 12.0. The fourth-order valence-electron chi connectivity index (χ4n) is 3.22. The second-order valence-corrected chi connectivity index (χ2v) is 5.86. The van der Waals surface area contributed by atoms with Gasteiger partial charge in [0.05, 0.1) is 0 Å². The molecule has 0 radical (unpaired) electrons. The molecule has 1 saturated carbocycles. The number of rotatable bonds is 3. The van der Waals surface area contributed by atoms with Crippen molar-refractivity contribution in [1.29, 1.82) is 0 Å². The molecular weight excluding hydrogens is 186 g/mol. The van der Waals surface area contributed by atoms with E-state index in [-0.39, 0.29) is 0 Å². The first-order valence-electron chi connectivity index (χ1n) is 6.38. The molecule has 0 aromatic heterocycles. The van der Waals surface area contributed by atoms with E-state index in [1.165, 1.54) is 6.42 Å². The van der Waals surface area contributed by atoms with E-state index in [2.05, 4.69) is 19.2 Å². The van der Waals surface area contributed by atoms with E-state index in [1.54, 1.807) is 0 Å². The van der Waals surface area contributed by atoms with Crippen molar-refractivity contribution in [2.75, 3.05) is 13.1 Å². The summed E-state index contributed by atoms with van der Waals surface area (Å²) in [6, 6.07) is 0. The summed E-state index contributed by atoms with van der Waals surface area (Å²) in [7, 11) is 0. The van der Waals surface area contributed by atoms with Crippen molar-refractivity contribution in [1.82, 2.24) is 5.32 Å². The Morgan fingerprint density at radius 3 is 2.33 bits per heavy atom. The zero-order valence-corrected chi connectivity index (χ0v) is 9.96. The van der Waals surface area contributed by atoms with Gasteiger partial charge in [-0.1, -0.05) is 13.8 Å². The van der Waals surface area contributed by atoms with Gasteiger partial charge in [-0.2, -0.15) is 0 Å². The highest BCUT2D eigenvalue weighted by molar-refractivity contribution is 5.81. The normalized spacial score (nSPS) is 35.5. The SMILES string of the molecule is CC(C)CC(=O)C1CC2CNCC(C2)C1. The van der Waals surface area contributed by atoms with Crippen molar-refractivity contribution in [2.45, 2.75) is 39.5 Å². The van der Waals surface area contributed by atoms with Crippen molar-refractivity contribution < 1.29 is 4.79 Å². The van der Waals surface area contributed by atoms with Gasteiger partial charge in [0.15, 0.2) is 0 Å². The molecule has 2 heteroatoms. The number of hydrogen-bond acceptors (Lipinski definition) is 2. The molecule has 2 fully saturated rings. The van der Waals surface area contributed by atoms with Crippen LogP contribution in [0.2, 0.25) is 0 Å². The maximum Gasteiger partial charge on any atom is 0.136 e. The number of piperidine rings is 1. The maximum atomic E-state index is 12.0. The maximum absolute atomic E-state index is 12.0. The number of hydrogen-bond donors (Lipinski definition) is 1. The smallest absolute Gasteiger partial charge is 0.136 e. The number of nitrogens with one attached hydrogen (secondary N) is 1. The number of ketones is 1. The molecule has 1 aliphatic carbocycles. The summed E-state index contributed by atoms with van der Waals surface area (Å²) in [5.41, 5.74) is 0. The third-order valence-corrected chi connectivity index (χ3v) is 3.83. The van der Waals surface area contributed by atoms with Crippen LogP contribution in [0, 0.1) is 23.7 Å². The van der Waals surface area contributed by atoms with E-state index < -0.39 is 0 Å². The molecule has 2 atom stereocenters. The van der Waals surface area contributed by atoms with Gasteiger partial charge >= 0.3 is 0 Å².